The van der Waals surface area contributed by atoms with Gasteiger partial charge in [-0.1, -0.05) is 42.2 Å². The van der Waals surface area contributed by atoms with Crippen molar-refractivity contribution < 1.29 is 4.52 Å². The number of hydrogen-bond donors (Lipinski definition) is 1. The summed E-state index contributed by atoms with van der Waals surface area (Å²) in [6.07, 6.45) is 4.17. The Balaban J connectivity index is 1.78. The molecule has 3 aromatic rings. The molecule has 32 heavy (non-hydrogen) atoms. The third-order valence-corrected chi connectivity index (χ3v) is 6.84. The number of thioether (sulfide) groups is 1. The first kappa shape index (κ1) is 22.8. The number of nitrogens with zero attached hydrogens (tertiary/aromatic N) is 3. The molecule has 0 radical (unpaired) electrons. The Kier molecular flexibility index (Phi) is 7.18. The normalized spacial score (nSPS) is 16.4. The molecule has 1 atom stereocenters. The fourth-order valence-electron chi connectivity index (χ4n) is 3.77. The van der Waals surface area contributed by atoms with Crippen molar-refractivity contribution >= 4 is 46.3 Å². The van der Waals surface area contributed by atoms with Gasteiger partial charge in [-0.25, -0.2) is 0 Å². The highest BCUT2D eigenvalue weighted by Crippen LogP contribution is 2.38. The van der Waals surface area contributed by atoms with Gasteiger partial charge in [0.15, 0.2) is 5.11 Å². The SMILES string of the molecule is CCCCN1C(=S)NC(c2cccc(Cl)c2)C(c2nc(-c3ccc(SC)cc3)no2)=C1C. The van der Waals surface area contributed by atoms with E-state index in [0.717, 1.165) is 41.8 Å². The lowest BCUT2D eigenvalue weighted by Crippen LogP contribution is -2.46. The van der Waals surface area contributed by atoms with Gasteiger partial charge in [0.2, 0.25) is 5.82 Å². The Morgan fingerprint density at radius 3 is 2.69 bits per heavy atom. The molecule has 8 heteroatoms. The summed E-state index contributed by atoms with van der Waals surface area (Å²) in [5, 5.41) is 9.10. The molecule has 0 saturated carbocycles. The van der Waals surface area contributed by atoms with Crippen LogP contribution in [0, 0.1) is 0 Å². The first-order chi connectivity index (χ1) is 15.5. The lowest BCUT2D eigenvalue weighted by Gasteiger charge is -2.37. The van der Waals surface area contributed by atoms with E-state index in [1.807, 2.05) is 36.4 Å². The van der Waals surface area contributed by atoms with Crippen LogP contribution in [0.2, 0.25) is 5.02 Å². The van der Waals surface area contributed by atoms with Crippen LogP contribution >= 0.6 is 35.6 Å². The van der Waals surface area contributed by atoms with E-state index in [-0.39, 0.29) is 6.04 Å². The molecule has 1 unspecified atom stereocenters. The number of allylic oxidation sites excluding steroid dienone is 1. The lowest BCUT2D eigenvalue weighted by atomic mass is 9.94. The average Bonchev–Trinajstić information content (AvgIpc) is 3.28. The lowest BCUT2D eigenvalue weighted by molar-refractivity contribution is 0.395. The number of hydrogen-bond acceptors (Lipinski definition) is 5. The summed E-state index contributed by atoms with van der Waals surface area (Å²) in [4.78, 5) is 8.07. The van der Waals surface area contributed by atoms with Crippen LogP contribution in [0.4, 0.5) is 0 Å². The van der Waals surface area contributed by atoms with Gasteiger partial charge in [0.1, 0.15) is 0 Å². The van der Waals surface area contributed by atoms with E-state index in [4.69, 9.17) is 33.3 Å². The van der Waals surface area contributed by atoms with E-state index >= 15 is 0 Å². The number of benzene rings is 2. The summed E-state index contributed by atoms with van der Waals surface area (Å²) in [5.74, 6) is 1.04. The van der Waals surface area contributed by atoms with Gasteiger partial charge in [0, 0.05) is 27.7 Å². The van der Waals surface area contributed by atoms with Crippen LogP contribution in [0.15, 0.2) is 63.6 Å². The maximum Gasteiger partial charge on any atom is 0.258 e. The Labute approximate surface area is 203 Å². The molecule has 166 valence electrons. The third-order valence-electron chi connectivity index (χ3n) is 5.52. The van der Waals surface area contributed by atoms with Gasteiger partial charge in [-0.15, -0.1) is 11.8 Å². The smallest absolute Gasteiger partial charge is 0.258 e. The molecule has 2 heterocycles. The highest BCUT2D eigenvalue weighted by Gasteiger charge is 2.34. The number of rotatable bonds is 7. The number of halogens is 1. The Morgan fingerprint density at radius 1 is 1.22 bits per heavy atom. The third kappa shape index (κ3) is 4.70. The summed E-state index contributed by atoms with van der Waals surface area (Å²) in [6, 6.07) is 15.7. The zero-order chi connectivity index (χ0) is 22.7. The van der Waals surface area contributed by atoms with Gasteiger partial charge >= 0.3 is 0 Å². The molecule has 1 aliphatic heterocycles. The van der Waals surface area contributed by atoms with E-state index in [9.17, 15) is 0 Å². The van der Waals surface area contributed by atoms with E-state index < -0.39 is 0 Å². The molecule has 4 rings (SSSR count). The van der Waals surface area contributed by atoms with E-state index in [2.05, 4.69) is 47.6 Å². The summed E-state index contributed by atoms with van der Waals surface area (Å²) in [5.41, 5.74) is 3.84. The second-order valence-corrected chi connectivity index (χ2v) is 9.30. The van der Waals surface area contributed by atoms with Gasteiger partial charge < -0.3 is 14.7 Å². The van der Waals surface area contributed by atoms with E-state index in [1.54, 1.807) is 11.8 Å². The second-order valence-electron chi connectivity index (χ2n) is 7.59. The minimum Gasteiger partial charge on any atom is -0.351 e. The molecule has 0 amide bonds. The van der Waals surface area contributed by atoms with Crippen LogP contribution in [0.1, 0.15) is 44.2 Å². The van der Waals surface area contributed by atoms with Gasteiger partial charge in [-0.05, 0) is 73.8 Å². The zero-order valence-corrected chi connectivity index (χ0v) is 20.7. The van der Waals surface area contributed by atoms with Gasteiger partial charge in [-0.3, -0.25) is 0 Å². The van der Waals surface area contributed by atoms with Crippen molar-refractivity contribution in [3.05, 3.63) is 70.7 Å². The van der Waals surface area contributed by atoms with Gasteiger partial charge in [0.05, 0.1) is 11.6 Å². The molecular weight excluding hydrogens is 460 g/mol. The van der Waals surface area contributed by atoms with Crippen molar-refractivity contribution in [3.8, 4) is 11.4 Å². The summed E-state index contributed by atoms with van der Waals surface area (Å²) in [7, 11) is 0. The molecule has 0 saturated heterocycles. The first-order valence-electron chi connectivity index (χ1n) is 10.5. The van der Waals surface area contributed by atoms with Crippen LogP contribution in [-0.4, -0.2) is 33.0 Å². The Bertz CT molecular complexity index is 1140. The van der Waals surface area contributed by atoms with Crippen LogP contribution in [0.5, 0.6) is 0 Å². The molecule has 0 aliphatic carbocycles. The minimum absolute atomic E-state index is 0.230. The largest absolute Gasteiger partial charge is 0.351 e. The summed E-state index contributed by atoms with van der Waals surface area (Å²) < 4.78 is 5.79. The Morgan fingerprint density at radius 2 is 2.00 bits per heavy atom. The molecule has 0 spiro atoms. The molecule has 2 aromatic carbocycles. The van der Waals surface area contributed by atoms with E-state index in [1.165, 1.54) is 4.90 Å². The minimum atomic E-state index is -0.230. The van der Waals surface area contributed by atoms with Crippen molar-refractivity contribution in [3.63, 3.8) is 0 Å². The summed E-state index contributed by atoms with van der Waals surface area (Å²) in [6.45, 7) is 5.06. The number of aromatic nitrogens is 2. The van der Waals surface area contributed by atoms with Crippen molar-refractivity contribution in [2.45, 2.75) is 37.6 Å². The molecule has 1 N–H and O–H groups in total. The van der Waals surface area contributed by atoms with E-state index in [0.29, 0.717) is 21.9 Å². The maximum absolute atomic E-state index is 6.30. The van der Waals surface area contributed by atoms with Crippen LogP contribution in [0.3, 0.4) is 0 Å². The molecular formula is C24H25ClN4OS2. The fraction of sp³-hybridized carbons (Fsp3) is 0.292. The quantitative estimate of drug-likeness (QED) is 0.300. The zero-order valence-electron chi connectivity index (χ0n) is 18.3. The monoisotopic (exact) mass is 484 g/mol. The van der Waals surface area contributed by atoms with Gasteiger partial charge in [-0.2, -0.15) is 4.98 Å². The van der Waals surface area contributed by atoms with Crippen LogP contribution in [0.25, 0.3) is 17.0 Å². The fourth-order valence-corrected chi connectivity index (χ4v) is 4.72. The standard InChI is InChI=1S/C24H25ClN4OS2/c1-4-5-13-29-15(2)20(21(26-24(29)31)17-7-6-8-18(25)14-17)23-27-22(28-30-23)16-9-11-19(32-3)12-10-16/h6-12,14,21H,4-5,13H2,1-3H3,(H,26,31). The van der Waals surface area contributed by atoms with Crippen molar-refractivity contribution in [1.29, 1.82) is 0 Å². The highest BCUT2D eigenvalue weighted by molar-refractivity contribution is 7.98. The Hall–Kier alpha value is -2.35. The van der Waals surface area contributed by atoms with Gasteiger partial charge in [0.25, 0.3) is 5.89 Å². The second kappa shape index (κ2) is 10.1. The van der Waals surface area contributed by atoms with Crippen LogP contribution < -0.4 is 5.32 Å². The number of thiocarbonyl (C=S) groups is 1. The highest BCUT2D eigenvalue weighted by atomic mass is 35.5. The molecule has 0 bridgehead atoms. The maximum atomic E-state index is 6.30. The predicted octanol–water partition coefficient (Wildman–Crippen LogP) is 6.57. The summed E-state index contributed by atoms with van der Waals surface area (Å²) >= 11 is 13.7. The predicted molar refractivity (Wildman–Crippen MR) is 136 cm³/mol. The number of nitrogens with one attached hydrogen (secondary N) is 1. The topological polar surface area (TPSA) is 54.2 Å². The van der Waals surface area contributed by atoms with Crippen molar-refractivity contribution in [2.75, 3.05) is 12.8 Å². The first-order valence-corrected chi connectivity index (χ1v) is 12.6. The van der Waals surface area contributed by atoms with Crippen molar-refractivity contribution in [2.24, 2.45) is 0 Å². The molecule has 5 nitrogen and oxygen atoms in total. The average molecular weight is 485 g/mol. The van der Waals surface area contributed by atoms with Crippen molar-refractivity contribution in [1.82, 2.24) is 20.4 Å². The molecule has 1 aliphatic rings. The molecule has 0 fully saturated rings. The molecule has 1 aromatic heterocycles. The number of unbranched alkanes of at least 4 members (excludes halogenated alkanes) is 1. The van der Waals surface area contributed by atoms with Crippen LogP contribution in [-0.2, 0) is 0 Å².